The lowest BCUT2D eigenvalue weighted by Crippen LogP contribution is -2.42. The normalized spacial score (nSPS) is 18.8. The fourth-order valence-corrected chi connectivity index (χ4v) is 5.08. The van der Waals surface area contributed by atoms with E-state index in [-0.39, 0.29) is 23.2 Å². The summed E-state index contributed by atoms with van der Waals surface area (Å²) >= 11 is 7.15. The molecule has 1 saturated heterocycles. The van der Waals surface area contributed by atoms with Gasteiger partial charge in [-0.25, -0.2) is 0 Å². The molecule has 2 aromatic rings. The zero-order chi connectivity index (χ0) is 23.2. The van der Waals surface area contributed by atoms with Gasteiger partial charge in [0.15, 0.2) is 0 Å². The van der Waals surface area contributed by atoms with Crippen LogP contribution in [-0.4, -0.2) is 35.7 Å². The lowest BCUT2D eigenvalue weighted by molar-refractivity contribution is -0.123. The maximum atomic E-state index is 13.0. The van der Waals surface area contributed by atoms with Crippen molar-refractivity contribution < 1.29 is 14.3 Å². The molecule has 0 atom stereocenters. The van der Waals surface area contributed by atoms with E-state index in [9.17, 15) is 9.59 Å². The fourth-order valence-electron chi connectivity index (χ4n) is 4.06. The molecule has 0 spiro atoms. The van der Waals surface area contributed by atoms with E-state index in [1.54, 1.807) is 19.3 Å². The smallest absolute Gasteiger partial charge is 0.293 e. The van der Waals surface area contributed by atoms with Crippen molar-refractivity contribution in [1.29, 1.82) is 0 Å². The highest BCUT2D eigenvalue weighted by Gasteiger charge is 2.36. The number of hydrogen-bond donors (Lipinski definition) is 0. The molecule has 32 heavy (non-hydrogen) atoms. The predicted octanol–water partition coefficient (Wildman–Crippen LogP) is 6.22. The highest BCUT2D eigenvalue weighted by Crippen LogP contribution is 2.43. The number of ether oxygens (including phenoxy) is 1. The van der Waals surface area contributed by atoms with Gasteiger partial charge in [-0.3, -0.25) is 14.5 Å². The molecule has 2 amide bonds. The van der Waals surface area contributed by atoms with E-state index in [0.29, 0.717) is 15.7 Å². The number of rotatable bonds is 4. The molecule has 2 aromatic carbocycles. The summed E-state index contributed by atoms with van der Waals surface area (Å²) in [6.45, 7) is 6.55. The number of halogens is 1. The second-order valence-corrected chi connectivity index (χ2v) is 9.91. The van der Waals surface area contributed by atoms with Crippen LogP contribution in [0.4, 0.5) is 10.5 Å². The highest BCUT2D eigenvalue weighted by atomic mass is 35.5. The standard InChI is InChI=1S/C25H25ClN2O3S/c1-15-13-25(2,3)27(4)20-12-21(31-5)17(10-18(15)20)11-22-23(29)28(24(30)32-22)14-16-8-6-7-9-19(16)26/h6-13H,14H2,1-5H3/b22-11+. The van der Waals surface area contributed by atoms with Gasteiger partial charge in [0.2, 0.25) is 0 Å². The van der Waals surface area contributed by atoms with Crippen LogP contribution >= 0.6 is 23.4 Å². The third kappa shape index (κ3) is 3.93. The first kappa shape index (κ1) is 22.5. The first-order chi connectivity index (χ1) is 15.1. The maximum absolute atomic E-state index is 13.0. The number of hydrogen-bond acceptors (Lipinski definition) is 5. The van der Waals surface area contributed by atoms with Gasteiger partial charge in [0, 0.05) is 35.0 Å². The van der Waals surface area contributed by atoms with Gasteiger partial charge in [-0.1, -0.05) is 35.9 Å². The van der Waals surface area contributed by atoms with Crippen LogP contribution in [0.1, 0.15) is 37.5 Å². The van der Waals surface area contributed by atoms with Crippen LogP contribution in [0.15, 0.2) is 47.4 Å². The lowest BCUT2D eigenvalue weighted by Gasteiger charge is -2.41. The number of imide groups is 1. The fraction of sp³-hybridized carbons (Fsp3) is 0.280. The van der Waals surface area contributed by atoms with Crippen molar-refractivity contribution in [3.05, 3.63) is 69.1 Å². The van der Waals surface area contributed by atoms with E-state index in [0.717, 1.165) is 39.7 Å². The summed E-state index contributed by atoms with van der Waals surface area (Å²) in [5.74, 6) is 0.323. The number of carbonyl (C=O) groups is 2. The Bertz CT molecular complexity index is 1190. The second kappa shape index (κ2) is 8.34. The van der Waals surface area contributed by atoms with Crippen LogP contribution in [-0.2, 0) is 11.3 Å². The van der Waals surface area contributed by atoms with E-state index >= 15 is 0 Å². The molecule has 0 aromatic heterocycles. The zero-order valence-corrected chi connectivity index (χ0v) is 20.3. The van der Waals surface area contributed by atoms with Crippen LogP contribution in [0.5, 0.6) is 5.75 Å². The molecule has 2 heterocycles. The van der Waals surface area contributed by atoms with Crippen molar-refractivity contribution >= 4 is 51.8 Å². The van der Waals surface area contributed by atoms with Crippen molar-refractivity contribution in [3.8, 4) is 5.75 Å². The summed E-state index contributed by atoms with van der Waals surface area (Å²) < 4.78 is 5.65. The molecule has 166 valence electrons. The SMILES string of the molecule is COc1cc2c(cc1/C=C1/SC(=O)N(Cc3ccccc3Cl)C1=O)C(C)=CC(C)(C)N2C. The van der Waals surface area contributed by atoms with E-state index in [2.05, 4.69) is 38.8 Å². The quantitative estimate of drug-likeness (QED) is 0.499. The number of amides is 2. The van der Waals surface area contributed by atoms with Crippen LogP contribution in [0.2, 0.25) is 5.02 Å². The van der Waals surface area contributed by atoms with E-state index in [1.807, 2.05) is 30.3 Å². The van der Waals surface area contributed by atoms with Crippen LogP contribution in [0.25, 0.3) is 11.6 Å². The number of anilines is 1. The Morgan fingerprint density at radius 1 is 1.19 bits per heavy atom. The monoisotopic (exact) mass is 468 g/mol. The molecule has 7 heteroatoms. The molecule has 0 aliphatic carbocycles. The number of carbonyl (C=O) groups excluding carboxylic acids is 2. The third-order valence-corrected chi connectivity index (χ3v) is 7.29. The lowest BCUT2D eigenvalue weighted by atomic mass is 9.88. The topological polar surface area (TPSA) is 49.9 Å². The molecule has 5 nitrogen and oxygen atoms in total. The third-order valence-electron chi connectivity index (χ3n) is 6.01. The molecule has 0 saturated carbocycles. The first-order valence-electron chi connectivity index (χ1n) is 10.3. The van der Waals surface area contributed by atoms with Crippen molar-refractivity contribution in [2.45, 2.75) is 32.9 Å². The molecule has 2 aliphatic heterocycles. The number of thioether (sulfide) groups is 1. The summed E-state index contributed by atoms with van der Waals surface area (Å²) in [5.41, 5.74) is 4.67. The molecule has 0 unspecified atom stereocenters. The Morgan fingerprint density at radius 3 is 2.59 bits per heavy atom. The van der Waals surface area contributed by atoms with Gasteiger partial charge in [0.25, 0.3) is 11.1 Å². The van der Waals surface area contributed by atoms with Gasteiger partial charge in [-0.2, -0.15) is 0 Å². The maximum Gasteiger partial charge on any atom is 0.293 e. The van der Waals surface area contributed by atoms with Crippen molar-refractivity contribution in [2.75, 3.05) is 19.1 Å². The Balaban J connectivity index is 1.70. The number of nitrogens with zero attached hydrogens (tertiary/aromatic N) is 2. The Kier molecular flexibility index (Phi) is 5.86. The highest BCUT2D eigenvalue weighted by molar-refractivity contribution is 8.18. The molecular formula is C25H25ClN2O3S. The van der Waals surface area contributed by atoms with Gasteiger partial charge >= 0.3 is 0 Å². The molecule has 0 radical (unpaired) electrons. The van der Waals surface area contributed by atoms with E-state index in [1.165, 1.54) is 4.90 Å². The molecule has 0 bridgehead atoms. The molecule has 2 aliphatic rings. The molecular weight excluding hydrogens is 444 g/mol. The molecule has 0 N–H and O–H groups in total. The minimum absolute atomic E-state index is 0.120. The summed E-state index contributed by atoms with van der Waals surface area (Å²) in [7, 11) is 3.67. The van der Waals surface area contributed by atoms with Crippen molar-refractivity contribution in [2.24, 2.45) is 0 Å². The van der Waals surface area contributed by atoms with Crippen LogP contribution in [0, 0.1) is 0 Å². The average Bonchev–Trinajstić information content (AvgIpc) is 3.00. The van der Waals surface area contributed by atoms with Crippen LogP contribution < -0.4 is 9.64 Å². The number of fused-ring (bicyclic) bond motifs is 1. The Hall–Kier alpha value is -2.70. The van der Waals surface area contributed by atoms with Gasteiger partial charge in [-0.15, -0.1) is 0 Å². The van der Waals surface area contributed by atoms with Gasteiger partial charge in [-0.05, 0) is 61.9 Å². The summed E-state index contributed by atoms with van der Waals surface area (Å²) in [4.78, 5) is 29.4. The summed E-state index contributed by atoms with van der Waals surface area (Å²) in [6, 6.07) is 11.2. The molecule has 4 rings (SSSR count). The molecule has 1 fully saturated rings. The van der Waals surface area contributed by atoms with Gasteiger partial charge in [0.05, 0.1) is 24.1 Å². The number of benzene rings is 2. The zero-order valence-electron chi connectivity index (χ0n) is 18.7. The van der Waals surface area contributed by atoms with Gasteiger partial charge in [0.1, 0.15) is 5.75 Å². The summed E-state index contributed by atoms with van der Waals surface area (Å²) in [6.07, 6.45) is 3.96. The second-order valence-electron chi connectivity index (χ2n) is 8.51. The number of methoxy groups -OCH3 is 1. The van der Waals surface area contributed by atoms with Crippen molar-refractivity contribution in [3.63, 3.8) is 0 Å². The summed E-state index contributed by atoms with van der Waals surface area (Å²) in [5, 5.41) is 0.219. The van der Waals surface area contributed by atoms with Crippen molar-refractivity contribution in [1.82, 2.24) is 4.90 Å². The average molecular weight is 469 g/mol. The van der Waals surface area contributed by atoms with Crippen LogP contribution in [0.3, 0.4) is 0 Å². The Labute approximate surface area is 197 Å². The van der Waals surface area contributed by atoms with Gasteiger partial charge < -0.3 is 9.64 Å². The number of allylic oxidation sites excluding steroid dienone is 1. The number of likely N-dealkylation sites (N-methyl/N-ethyl adjacent to an activating group) is 1. The largest absolute Gasteiger partial charge is 0.496 e. The first-order valence-corrected chi connectivity index (χ1v) is 11.5. The minimum atomic E-state index is -0.329. The van der Waals surface area contributed by atoms with E-state index in [4.69, 9.17) is 16.3 Å². The Morgan fingerprint density at radius 2 is 1.91 bits per heavy atom. The van der Waals surface area contributed by atoms with E-state index < -0.39 is 0 Å². The predicted molar refractivity (Wildman–Crippen MR) is 132 cm³/mol. The minimum Gasteiger partial charge on any atom is -0.496 e.